The summed E-state index contributed by atoms with van der Waals surface area (Å²) in [5.74, 6) is 1.93. The predicted octanol–water partition coefficient (Wildman–Crippen LogP) is 2.80. The van der Waals surface area contributed by atoms with E-state index in [1.165, 1.54) is 0 Å². The van der Waals surface area contributed by atoms with Crippen LogP contribution in [0, 0.1) is 5.92 Å². The fraction of sp³-hybridized carbons (Fsp3) is 0.600. The lowest BCUT2D eigenvalue weighted by atomic mass is 9.88. The first-order valence-electron chi connectivity index (χ1n) is 7.08. The minimum atomic E-state index is 0.163. The largest absolute Gasteiger partial charge is 0.486 e. The lowest BCUT2D eigenvalue weighted by Gasteiger charge is -2.28. The van der Waals surface area contributed by atoms with Crippen molar-refractivity contribution >= 4 is 11.6 Å². The summed E-state index contributed by atoms with van der Waals surface area (Å²) < 4.78 is 16.9. The Morgan fingerprint density at radius 1 is 1.20 bits per heavy atom. The van der Waals surface area contributed by atoms with Crippen molar-refractivity contribution in [2.24, 2.45) is 5.92 Å². The zero-order valence-corrected chi connectivity index (χ0v) is 12.6. The van der Waals surface area contributed by atoms with Crippen molar-refractivity contribution in [1.82, 2.24) is 5.32 Å². The molecule has 0 saturated carbocycles. The average Bonchev–Trinajstić information content (AvgIpc) is 2.87. The van der Waals surface area contributed by atoms with Gasteiger partial charge in [0.1, 0.15) is 13.2 Å². The summed E-state index contributed by atoms with van der Waals surface area (Å²) in [6, 6.07) is 4.02. The number of hydrogen-bond acceptors (Lipinski definition) is 4. The molecule has 0 aromatic heterocycles. The maximum atomic E-state index is 6.44. The SMILES string of the molecule is CNC(c1cc2c(cc1Cl)OCCO2)C1CCOC1C. The Labute approximate surface area is 124 Å². The third-order valence-corrected chi connectivity index (χ3v) is 4.50. The van der Waals surface area contributed by atoms with E-state index in [1.807, 2.05) is 19.2 Å². The monoisotopic (exact) mass is 297 g/mol. The van der Waals surface area contributed by atoms with Gasteiger partial charge in [-0.25, -0.2) is 0 Å². The van der Waals surface area contributed by atoms with Crippen LogP contribution in [0.3, 0.4) is 0 Å². The van der Waals surface area contributed by atoms with Gasteiger partial charge in [0.2, 0.25) is 0 Å². The molecule has 1 aromatic rings. The van der Waals surface area contributed by atoms with Crippen molar-refractivity contribution in [3.63, 3.8) is 0 Å². The normalized spacial score (nSPS) is 26.6. The van der Waals surface area contributed by atoms with Gasteiger partial charge in [-0.1, -0.05) is 11.6 Å². The predicted molar refractivity (Wildman–Crippen MR) is 77.8 cm³/mol. The summed E-state index contributed by atoms with van der Waals surface area (Å²) >= 11 is 6.44. The van der Waals surface area contributed by atoms with Gasteiger partial charge in [0, 0.05) is 29.7 Å². The first kappa shape index (κ1) is 14.0. The van der Waals surface area contributed by atoms with Crippen molar-refractivity contribution in [2.75, 3.05) is 26.9 Å². The third-order valence-electron chi connectivity index (χ3n) is 4.17. The van der Waals surface area contributed by atoms with E-state index >= 15 is 0 Å². The topological polar surface area (TPSA) is 39.7 Å². The van der Waals surface area contributed by atoms with Crippen LogP contribution in [0.4, 0.5) is 0 Å². The number of benzene rings is 1. The molecule has 3 unspecified atom stereocenters. The van der Waals surface area contributed by atoms with Crippen molar-refractivity contribution in [3.8, 4) is 11.5 Å². The number of hydrogen-bond donors (Lipinski definition) is 1. The van der Waals surface area contributed by atoms with Crippen LogP contribution in [0.25, 0.3) is 0 Å². The molecular weight excluding hydrogens is 278 g/mol. The van der Waals surface area contributed by atoms with Crippen LogP contribution < -0.4 is 14.8 Å². The van der Waals surface area contributed by atoms with Gasteiger partial charge in [-0.3, -0.25) is 0 Å². The summed E-state index contributed by atoms with van der Waals surface area (Å²) in [6.07, 6.45) is 1.27. The maximum absolute atomic E-state index is 6.44. The molecule has 2 heterocycles. The van der Waals surface area contributed by atoms with Crippen LogP contribution in [0.15, 0.2) is 12.1 Å². The first-order valence-corrected chi connectivity index (χ1v) is 7.46. The number of rotatable bonds is 3. The molecule has 0 radical (unpaired) electrons. The van der Waals surface area contributed by atoms with Gasteiger partial charge < -0.3 is 19.5 Å². The van der Waals surface area contributed by atoms with E-state index in [0.29, 0.717) is 24.2 Å². The Kier molecular flexibility index (Phi) is 4.06. The molecule has 2 aliphatic rings. The zero-order chi connectivity index (χ0) is 14.1. The van der Waals surface area contributed by atoms with Gasteiger partial charge in [0.15, 0.2) is 11.5 Å². The highest BCUT2D eigenvalue weighted by molar-refractivity contribution is 6.31. The Morgan fingerprint density at radius 2 is 1.90 bits per heavy atom. The summed E-state index contributed by atoms with van der Waals surface area (Å²) in [6.45, 7) is 4.09. The van der Waals surface area contributed by atoms with Crippen LogP contribution in [-0.2, 0) is 4.74 Å². The van der Waals surface area contributed by atoms with Gasteiger partial charge in [-0.15, -0.1) is 0 Å². The molecule has 3 atom stereocenters. The number of nitrogens with one attached hydrogen (secondary N) is 1. The zero-order valence-electron chi connectivity index (χ0n) is 11.8. The summed E-state index contributed by atoms with van der Waals surface area (Å²) in [5, 5.41) is 4.09. The Bertz CT molecular complexity index is 494. The Morgan fingerprint density at radius 3 is 2.50 bits per heavy atom. The minimum Gasteiger partial charge on any atom is -0.486 e. The Balaban J connectivity index is 1.94. The molecule has 0 spiro atoms. The van der Waals surface area contributed by atoms with Crippen LogP contribution in [-0.4, -0.2) is 33.0 Å². The van der Waals surface area contributed by atoms with E-state index in [9.17, 15) is 0 Å². The third kappa shape index (κ3) is 2.48. The second kappa shape index (κ2) is 5.80. The molecule has 1 aromatic carbocycles. The molecule has 1 fully saturated rings. The van der Waals surface area contributed by atoms with E-state index in [2.05, 4.69) is 12.2 Å². The number of ether oxygens (including phenoxy) is 3. The lowest BCUT2D eigenvalue weighted by Crippen LogP contribution is -2.30. The summed E-state index contributed by atoms with van der Waals surface area (Å²) in [7, 11) is 1.96. The molecule has 1 saturated heterocycles. The highest BCUT2D eigenvalue weighted by atomic mass is 35.5. The fourth-order valence-electron chi connectivity index (χ4n) is 3.10. The quantitative estimate of drug-likeness (QED) is 0.931. The van der Waals surface area contributed by atoms with Crippen LogP contribution in [0.5, 0.6) is 11.5 Å². The molecule has 0 aliphatic carbocycles. The minimum absolute atomic E-state index is 0.163. The average molecular weight is 298 g/mol. The van der Waals surface area contributed by atoms with Crippen LogP contribution >= 0.6 is 11.6 Å². The van der Waals surface area contributed by atoms with Crippen LogP contribution in [0.2, 0.25) is 5.02 Å². The molecule has 3 rings (SSSR count). The van der Waals surface area contributed by atoms with Crippen LogP contribution in [0.1, 0.15) is 24.9 Å². The maximum Gasteiger partial charge on any atom is 0.162 e. The van der Waals surface area contributed by atoms with Gasteiger partial charge in [-0.05, 0) is 32.0 Å². The standard InChI is InChI=1S/C15H20ClNO3/c1-9-10(3-4-18-9)15(17-2)11-7-13-14(8-12(11)16)20-6-5-19-13/h7-10,15,17H,3-6H2,1-2H3. The highest BCUT2D eigenvalue weighted by Crippen LogP contribution is 2.41. The van der Waals surface area contributed by atoms with E-state index in [1.54, 1.807) is 0 Å². The molecule has 0 amide bonds. The smallest absolute Gasteiger partial charge is 0.162 e. The van der Waals surface area contributed by atoms with E-state index in [-0.39, 0.29) is 12.1 Å². The molecule has 5 heteroatoms. The molecule has 2 aliphatic heterocycles. The van der Waals surface area contributed by atoms with Crippen molar-refractivity contribution in [1.29, 1.82) is 0 Å². The second-order valence-corrected chi connectivity index (χ2v) is 5.72. The van der Waals surface area contributed by atoms with Crippen molar-refractivity contribution in [2.45, 2.75) is 25.5 Å². The Hall–Kier alpha value is -0.970. The lowest BCUT2D eigenvalue weighted by molar-refractivity contribution is 0.0962. The van der Waals surface area contributed by atoms with Gasteiger partial charge in [0.25, 0.3) is 0 Å². The fourth-order valence-corrected chi connectivity index (χ4v) is 3.38. The van der Waals surface area contributed by atoms with Gasteiger partial charge in [0.05, 0.1) is 6.10 Å². The van der Waals surface area contributed by atoms with E-state index in [4.69, 9.17) is 25.8 Å². The molecular formula is C15H20ClNO3. The number of fused-ring (bicyclic) bond motifs is 1. The molecule has 1 N–H and O–H groups in total. The highest BCUT2D eigenvalue weighted by Gasteiger charge is 2.33. The molecule has 0 bridgehead atoms. The van der Waals surface area contributed by atoms with Gasteiger partial charge in [-0.2, -0.15) is 0 Å². The van der Waals surface area contributed by atoms with Crippen molar-refractivity contribution in [3.05, 3.63) is 22.7 Å². The number of halogens is 1. The second-order valence-electron chi connectivity index (χ2n) is 5.31. The molecule has 4 nitrogen and oxygen atoms in total. The van der Waals surface area contributed by atoms with Crippen molar-refractivity contribution < 1.29 is 14.2 Å². The summed E-state index contributed by atoms with van der Waals surface area (Å²) in [4.78, 5) is 0. The van der Waals surface area contributed by atoms with E-state index in [0.717, 1.165) is 30.1 Å². The first-order chi connectivity index (χ1) is 9.70. The summed E-state index contributed by atoms with van der Waals surface area (Å²) in [5.41, 5.74) is 1.06. The molecule has 20 heavy (non-hydrogen) atoms. The van der Waals surface area contributed by atoms with Gasteiger partial charge >= 0.3 is 0 Å². The van der Waals surface area contributed by atoms with E-state index < -0.39 is 0 Å². The molecule has 110 valence electrons.